The minimum Gasteiger partial charge on any atom is -0.462 e. The second kappa shape index (κ2) is 8.82. The summed E-state index contributed by atoms with van der Waals surface area (Å²) in [5, 5.41) is 10.3. The number of ether oxygens (including phenoxy) is 2. The molecule has 3 aromatic rings. The molecule has 1 aromatic carbocycles. The van der Waals surface area contributed by atoms with E-state index in [9.17, 15) is 14.9 Å². The predicted octanol–water partition coefficient (Wildman–Crippen LogP) is 3.66. The summed E-state index contributed by atoms with van der Waals surface area (Å²) in [5.41, 5.74) is 7.14. The van der Waals surface area contributed by atoms with Crippen molar-refractivity contribution in [2.45, 2.75) is 26.4 Å². The molecule has 2 aromatic heterocycles. The lowest BCUT2D eigenvalue weighted by molar-refractivity contribution is -0.144. The highest BCUT2D eigenvalue weighted by Gasteiger charge is 2.23. The van der Waals surface area contributed by atoms with Crippen LogP contribution in [0.3, 0.4) is 0 Å². The van der Waals surface area contributed by atoms with E-state index < -0.39 is 11.9 Å². The van der Waals surface area contributed by atoms with Crippen molar-refractivity contribution < 1.29 is 19.1 Å². The zero-order valence-corrected chi connectivity index (χ0v) is 16.7. The number of anilines is 1. The Morgan fingerprint density at radius 3 is 2.75 bits per heavy atom. The molecular weight excluding hydrogens is 398 g/mol. The summed E-state index contributed by atoms with van der Waals surface area (Å²) >= 11 is 2.50. The Morgan fingerprint density at radius 1 is 1.25 bits per heavy atom. The zero-order valence-electron chi connectivity index (χ0n) is 15.1. The van der Waals surface area contributed by atoms with Crippen molar-refractivity contribution in [1.82, 2.24) is 4.98 Å². The fourth-order valence-corrected chi connectivity index (χ4v) is 4.45. The Labute approximate surface area is 169 Å². The number of fused-ring (bicyclic) bond motifs is 1. The van der Waals surface area contributed by atoms with Gasteiger partial charge >= 0.3 is 11.9 Å². The van der Waals surface area contributed by atoms with Gasteiger partial charge in [0.25, 0.3) is 0 Å². The Hall–Kier alpha value is -2.96. The molecule has 2 N–H and O–H groups in total. The van der Waals surface area contributed by atoms with E-state index in [1.807, 2.05) is 30.3 Å². The molecule has 9 heteroatoms. The highest BCUT2D eigenvalue weighted by atomic mass is 32.1. The Morgan fingerprint density at radius 2 is 2.04 bits per heavy atom. The third-order valence-electron chi connectivity index (χ3n) is 3.87. The number of carbonyl (C=O) groups is 2. The summed E-state index contributed by atoms with van der Waals surface area (Å²) in [4.78, 5) is 28.9. The van der Waals surface area contributed by atoms with Crippen molar-refractivity contribution in [3.8, 4) is 6.07 Å². The molecule has 0 saturated carbocycles. The molecule has 2 heterocycles. The number of thiophene rings is 1. The number of esters is 2. The van der Waals surface area contributed by atoms with E-state index in [0.29, 0.717) is 6.42 Å². The van der Waals surface area contributed by atoms with Gasteiger partial charge in [-0.25, -0.2) is 9.78 Å². The van der Waals surface area contributed by atoms with Crippen LogP contribution >= 0.6 is 22.7 Å². The van der Waals surface area contributed by atoms with Crippen LogP contribution in [-0.4, -0.2) is 23.5 Å². The number of thiazole rings is 1. The highest BCUT2D eigenvalue weighted by Crippen LogP contribution is 2.32. The average Bonchev–Trinajstić information content (AvgIpc) is 3.24. The fourth-order valence-electron chi connectivity index (χ4n) is 2.57. The molecule has 0 aliphatic rings. The van der Waals surface area contributed by atoms with Gasteiger partial charge < -0.3 is 15.2 Å². The number of hydrogen-bond acceptors (Lipinski definition) is 9. The monoisotopic (exact) mass is 415 g/mol. The van der Waals surface area contributed by atoms with Crippen molar-refractivity contribution >= 4 is 49.8 Å². The fraction of sp³-hybridized carbons (Fsp3) is 0.263. The van der Waals surface area contributed by atoms with Crippen LogP contribution in [-0.2, 0) is 27.3 Å². The first-order chi connectivity index (χ1) is 13.5. The number of nitriles is 1. The van der Waals surface area contributed by atoms with Crippen molar-refractivity contribution in [2.24, 2.45) is 0 Å². The van der Waals surface area contributed by atoms with E-state index >= 15 is 0 Å². The van der Waals surface area contributed by atoms with Crippen LogP contribution in [0.25, 0.3) is 10.2 Å². The minimum absolute atomic E-state index is 0.145. The number of nitrogens with zero attached hydrogens (tertiary/aromatic N) is 2. The lowest BCUT2D eigenvalue weighted by Gasteiger charge is -2.06. The largest absolute Gasteiger partial charge is 0.462 e. The van der Waals surface area contributed by atoms with Gasteiger partial charge in [0.15, 0.2) is 0 Å². The second-order valence-electron chi connectivity index (χ2n) is 5.72. The van der Waals surface area contributed by atoms with E-state index in [4.69, 9.17) is 15.2 Å². The van der Waals surface area contributed by atoms with E-state index in [1.54, 1.807) is 6.92 Å². The maximum atomic E-state index is 12.1. The van der Waals surface area contributed by atoms with Crippen molar-refractivity contribution in [3.05, 3.63) is 45.3 Å². The Bertz CT molecular complexity index is 1030. The van der Waals surface area contributed by atoms with Crippen LogP contribution in [0.5, 0.6) is 0 Å². The predicted molar refractivity (Wildman–Crippen MR) is 107 cm³/mol. The second-order valence-corrected chi connectivity index (χ2v) is 7.88. The van der Waals surface area contributed by atoms with Crippen molar-refractivity contribution in [1.29, 1.82) is 5.26 Å². The molecule has 0 radical (unpaired) electrons. The van der Waals surface area contributed by atoms with Gasteiger partial charge in [-0.15, -0.1) is 22.7 Å². The molecule has 0 saturated heterocycles. The van der Waals surface area contributed by atoms with Gasteiger partial charge in [0.1, 0.15) is 22.6 Å². The number of aromatic nitrogens is 1. The number of aryl methyl sites for hydroxylation is 1. The summed E-state index contributed by atoms with van der Waals surface area (Å²) in [7, 11) is 0. The molecule has 0 amide bonds. The number of nitrogens with two attached hydrogens (primary N) is 1. The van der Waals surface area contributed by atoms with Gasteiger partial charge in [0, 0.05) is 12.0 Å². The Balaban J connectivity index is 1.64. The van der Waals surface area contributed by atoms with Crippen molar-refractivity contribution in [2.75, 3.05) is 12.3 Å². The van der Waals surface area contributed by atoms with Gasteiger partial charge in [-0.2, -0.15) is 5.26 Å². The molecule has 144 valence electrons. The number of hydrogen-bond donors (Lipinski definition) is 1. The quantitative estimate of drug-likeness (QED) is 0.585. The lowest BCUT2D eigenvalue weighted by atomic mass is 10.1. The molecule has 0 aliphatic heterocycles. The molecule has 0 spiro atoms. The topological polar surface area (TPSA) is 115 Å². The first-order valence-corrected chi connectivity index (χ1v) is 10.1. The lowest BCUT2D eigenvalue weighted by Crippen LogP contribution is -2.10. The number of carbonyl (C=O) groups excluding carboxylic acids is 2. The maximum absolute atomic E-state index is 12.1. The maximum Gasteiger partial charge on any atom is 0.348 e. The molecule has 0 fully saturated rings. The highest BCUT2D eigenvalue weighted by molar-refractivity contribution is 7.18. The Kier molecular flexibility index (Phi) is 6.23. The third kappa shape index (κ3) is 4.30. The number of nitrogen functional groups attached to an aromatic ring is 1. The number of rotatable bonds is 7. The summed E-state index contributed by atoms with van der Waals surface area (Å²) in [5.74, 6) is -1.02. The third-order valence-corrected chi connectivity index (χ3v) is 6.00. The van der Waals surface area contributed by atoms with Crippen LogP contribution in [0, 0.1) is 11.3 Å². The van der Waals surface area contributed by atoms with E-state index in [-0.39, 0.29) is 40.6 Å². The SMILES string of the molecule is CCOC(=O)c1sc(N)c(C#N)c1COC(=O)CCc1nc2ccccc2s1. The smallest absolute Gasteiger partial charge is 0.348 e. The molecule has 7 nitrogen and oxygen atoms in total. The molecule has 0 atom stereocenters. The van der Waals surface area contributed by atoms with E-state index in [1.165, 1.54) is 11.3 Å². The number of para-hydroxylation sites is 1. The number of benzene rings is 1. The average molecular weight is 415 g/mol. The van der Waals surface area contributed by atoms with Gasteiger partial charge in [-0.3, -0.25) is 4.79 Å². The normalized spacial score (nSPS) is 10.6. The standard InChI is InChI=1S/C19H17N3O4S2/c1-2-25-19(24)17-12(11(9-20)18(21)28-17)10-26-16(23)8-7-15-22-13-5-3-4-6-14(13)27-15/h3-6H,2,7-8,10,21H2,1H3. The molecular formula is C19H17N3O4S2. The molecule has 0 bridgehead atoms. The van der Waals surface area contributed by atoms with Crippen LogP contribution in [0.4, 0.5) is 5.00 Å². The van der Waals surface area contributed by atoms with Gasteiger partial charge in [0.2, 0.25) is 0 Å². The minimum atomic E-state index is -0.582. The molecule has 3 rings (SSSR count). The first-order valence-electron chi connectivity index (χ1n) is 8.51. The van der Waals surface area contributed by atoms with Crippen LogP contribution in [0.1, 0.15) is 39.2 Å². The molecule has 0 aliphatic carbocycles. The van der Waals surface area contributed by atoms with Gasteiger partial charge in [0.05, 0.1) is 33.8 Å². The van der Waals surface area contributed by atoms with Crippen LogP contribution in [0.2, 0.25) is 0 Å². The summed E-state index contributed by atoms with van der Waals surface area (Å²) < 4.78 is 11.3. The van der Waals surface area contributed by atoms with Crippen LogP contribution < -0.4 is 5.73 Å². The van der Waals surface area contributed by atoms with E-state index in [0.717, 1.165) is 26.6 Å². The zero-order chi connectivity index (χ0) is 20.1. The van der Waals surface area contributed by atoms with Gasteiger partial charge in [-0.1, -0.05) is 12.1 Å². The molecule has 0 unspecified atom stereocenters. The summed E-state index contributed by atoms with van der Waals surface area (Å²) in [6.07, 6.45) is 0.607. The summed E-state index contributed by atoms with van der Waals surface area (Å²) in [6.45, 7) is 1.67. The molecule has 28 heavy (non-hydrogen) atoms. The summed E-state index contributed by atoms with van der Waals surface area (Å²) in [6, 6.07) is 9.72. The van der Waals surface area contributed by atoms with Gasteiger partial charge in [-0.05, 0) is 19.1 Å². The first kappa shape index (κ1) is 19.8. The van der Waals surface area contributed by atoms with E-state index in [2.05, 4.69) is 4.98 Å². The van der Waals surface area contributed by atoms with Crippen LogP contribution in [0.15, 0.2) is 24.3 Å². The van der Waals surface area contributed by atoms with Crippen molar-refractivity contribution in [3.63, 3.8) is 0 Å².